The number of rotatable bonds is 7. The minimum atomic E-state index is 0.109. The summed E-state index contributed by atoms with van der Waals surface area (Å²) in [6.45, 7) is 18.6. The first-order valence-corrected chi connectivity index (χ1v) is 10.5. The Kier molecular flexibility index (Phi) is 12.7. The molecule has 0 unspecified atom stereocenters. The third kappa shape index (κ3) is 9.65. The highest BCUT2D eigenvalue weighted by Crippen LogP contribution is 2.19. The first kappa shape index (κ1) is 26.8. The summed E-state index contributed by atoms with van der Waals surface area (Å²) in [5, 5.41) is 17.4. The molecule has 0 aliphatic heterocycles. The summed E-state index contributed by atoms with van der Waals surface area (Å²) in [4.78, 5) is 0. The average molecular weight is 434 g/mol. The summed E-state index contributed by atoms with van der Waals surface area (Å²) in [5.74, 6) is 0. The molecule has 1 N–H and O–H groups in total. The molecule has 33 heavy (non-hydrogen) atoms. The molecule has 0 radical (unpaired) electrons. The summed E-state index contributed by atoms with van der Waals surface area (Å²) in [7, 11) is 0. The number of nitrogens with zero attached hydrogens (tertiary/aromatic N) is 1. The second-order valence-electron chi connectivity index (χ2n) is 6.94. The van der Waals surface area contributed by atoms with E-state index in [1.54, 1.807) is 18.2 Å². The Labute approximate surface area is 198 Å². The summed E-state index contributed by atoms with van der Waals surface area (Å²) in [6.07, 6.45) is 7.76. The molecule has 0 aromatic heterocycles. The van der Waals surface area contributed by atoms with Crippen molar-refractivity contribution >= 4 is 24.3 Å². The highest BCUT2D eigenvalue weighted by Gasteiger charge is 2.04. The van der Waals surface area contributed by atoms with Crippen molar-refractivity contribution in [2.75, 3.05) is 0 Å². The Morgan fingerprint density at radius 3 is 1.82 bits per heavy atom. The maximum absolute atomic E-state index is 8.69. The van der Waals surface area contributed by atoms with Crippen LogP contribution in [0.15, 0.2) is 111 Å². The molecule has 0 amide bonds. The van der Waals surface area contributed by atoms with Crippen LogP contribution in [0.1, 0.15) is 33.4 Å². The van der Waals surface area contributed by atoms with Crippen molar-refractivity contribution in [1.29, 1.82) is 5.26 Å². The molecule has 3 aromatic carbocycles. The van der Waals surface area contributed by atoms with E-state index in [1.807, 2.05) is 84.9 Å². The van der Waals surface area contributed by atoms with E-state index in [-0.39, 0.29) is 6.61 Å². The fourth-order valence-corrected chi connectivity index (χ4v) is 2.83. The largest absolute Gasteiger partial charge is 0.392 e. The Hall–Kier alpha value is -4.19. The number of aliphatic hydroxyl groups excluding tert-OH is 1. The van der Waals surface area contributed by atoms with Crippen LogP contribution in [-0.4, -0.2) is 5.11 Å². The van der Waals surface area contributed by atoms with Gasteiger partial charge in [0.1, 0.15) is 0 Å². The van der Waals surface area contributed by atoms with Crippen LogP contribution >= 0.6 is 0 Å². The highest BCUT2D eigenvalue weighted by atomic mass is 16.3. The lowest BCUT2D eigenvalue weighted by molar-refractivity contribution is 0.282. The van der Waals surface area contributed by atoms with Gasteiger partial charge in [-0.3, -0.25) is 0 Å². The SMILES string of the molecule is C=Cc1ccc(CO)cc1.C=Cc1cccc(CC(=C)C#N)c1C=C.C=Cc1ccccc1. The van der Waals surface area contributed by atoms with Gasteiger partial charge < -0.3 is 5.11 Å². The molecule has 0 spiro atoms. The quantitative estimate of drug-likeness (QED) is 0.387. The van der Waals surface area contributed by atoms with Crippen LogP contribution in [0.4, 0.5) is 0 Å². The predicted octanol–water partition coefficient (Wildman–Crippen LogP) is 7.75. The standard InChI is InChI=1S/C14H13N.C9H10O.C8H8/c1-4-12-7-6-8-13(14(12)5-2)9-11(3)10-15;1-2-8-3-5-9(7-10)6-4-8;1-2-8-6-4-3-5-7-8/h4-8H,1-3,9H2;2-6,10H,1,7H2;2-7H,1H2. The zero-order chi connectivity index (χ0) is 24.5. The fraction of sp³-hybridized carbons (Fsp3) is 0.0645. The Morgan fingerprint density at radius 1 is 0.758 bits per heavy atom. The maximum atomic E-state index is 8.69. The molecular weight excluding hydrogens is 402 g/mol. The summed E-state index contributed by atoms with van der Waals surface area (Å²) in [6, 6.07) is 25.6. The third-order valence-corrected chi connectivity index (χ3v) is 4.65. The number of allylic oxidation sites excluding steroid dienone is 1. The lowest BCUT2D eigenvalue weighted by atomic mass is 9.96. The molecule has 0 saturated heterocycles. The second-order valence-corrected chi connectivity index (χ2v) is 6.94. The Morgan fingerprint density at radius 2 is 1.36 bits per heavy atom. The van der Waals surface area contributed by atoms with Crippen LogP contribution in [0.2, 0.25) is 0 Å². The molecule has 0 saturated carbocycles. The van der Waals surface area contributed by atoms with Gasteiger partial charge >= 0.3 is 0 Å². The van der Waals surface area contributed by atoms with E-state index >= 15 is 0 Å². The first-order chi connectivity index (χ1) is 16.0. The van der Waals surface area contributed by atoms with Crippen molar-refractivity contribution in [3.05, 3.63) is 145 Å². The van der Waals surface area contributed by atoms with Crippen LogP contribution < -0.4 is 0 Å². The van der Waals surface area contributed by atoms with Gasteiger partial charge in [-0.2, -0.15) is 5.26 Å². The molecule has 2 heteroatoms. The van der Waals surface area contributed by atoms with Crippen molar-refractivity contribution in [2.45, 2.75) is 13.0 Å². The number of nitriles is 1. The van der Waals surface area contributed by atoms with E-state index in [4.69, 9.17) is 10.4 Å². The van der Waals surface area contributed by atoms with Gasteiger partial charge in [-0.05, 0) is 33.4 Å². The van der Waals surface area contributed by atoms with E-state index in [0.29, 0.717) is 12.0 Å². The molecule has 166 valence electrons. The molecule has 2 nitrogen and oxygen atoms in total. The van der Waals surface area contributed by atoms with E-state index in [9.17, 15) is 0 Å². The van der Waals surface area contributed by atoms with Gasteiger partial charge in [-0.1, -0.05) is 130 Å². The maximum Gasteiger partial charge on any atom is 0.0944 e. The van der Waals surface area contributed by atoms with Crippen molar-refractivity contribution in [1.82, 2.24) is 0 Å². The van der Waals surface area contributed by atoms with Gasteiger partial charge in [-0.25, -0.2) is 0 Å². The third-order valence-electron chi connectivity index (χ3n) is 4.65. The van der Waals surface area contributed by atoms with Crippen molar-refractivity contribution in [3.8, 4) is 6.07 Å². The summed E-state index contributed by atoms with van der Waals surface area (Å²) in [5.41, 5.74) is 6.88. The van der Waals surface area contributed by atoms with Gasteiger partial charge in [0.25, 0.3) is 0 Å². The van der Waals surface area contributed by atoms with Crippen LogP contribution in [0, 0.1) is 11.3 Å². The van der Waals surface area contributed by atoms with Gasteiger partial charge in [0.15, 0.2) is 0 Å². The molecule has 0 atom stereocenters. The molecule has 0 heterocycles. The number of benzene rings is 3. The van der Waals surface area contributed by atoms with Crippen LogP contribution in [0.3, 0.4) is 0 Å². The lowest BCUT2D eigenvalue weighted by Crippen LogP contribution is -1.93. The number of aliphatic hydroxyl groups is 1. The summed E-state index contributed by atoms with van der Waals surface area (Å²) >= 11 is 0. The van der Waals surface area contributed by atoms with Crippen molar-refractivity contribution in [2.24, 2.45) is 0 Å². The van der Waals surface area contributed by atoms with Crippen LogP contribution in [0.25, 0.3) is 24.3 Å². The minimum absolute atomic E-state index is 0.109. The Bertz CT molecular complexity index is 1100. The molecule has 3 rings (SSSR count). The van der Waals surface area contributed by atoms with Gasteiger partial charge in [0, 0.05) is 12.0 Å². The van der Waals surface area contributed by atoms with Gasteiger partial charge in [0.2, 0.25) is 0 Å². The normalized spacial score (nSPS) is 8.97. The molecule has 0 aliphatic carbocycles. The van der Waals surface area contributed by atoms with Gasteiger partial charge in [0.05, 0.1) is 12.7 Å². The van der Waals surface area contributed by atoms with E-state index in [1.165, 1.54) is 5.56 Å². The zero-order valence-electron chi connectivity index (χ0n) is 19.1. The average Bonchev–Trinajstić information content (AvgIpc) is 2.89. The molecule has 0 aliphatic rings. The molecule has 0 bridgehead atoms. The van der Waals surface area contributed by atoms with Crippen molar-refractivity contribution < 1.29 is 5.11 Å². The summed E-state index contributed by atoms with van der Waals surface area (Å²) < 4.78 is 0. The second kappa shape index (κ2) is 15.6. The van der Waals surface area contributed by atoms with Gasteiger partial charge in [-0.15, -0.1) is 0 Å². The smallest absolute Gasteiger partial charge is 0.0944 e. The fourth-order valence-electron chi connectivity index (χ4n) is 2.83. The zero-order valence-corrected chi connectivity index (χ0v) is 19.1. The van der Waals surface area contributed by atoms with E-state index in [2.05, 4.69) is 32.9 Å². The monoisotopic (exact) mass is 433 g/mol. The lowest BCUT2D eigenvalue weighted by Gasteiger charge is -2.07. The molecule has 3 aromatic rings. The highest BCUT2D eigenvalue weighted by molar-refractivity contribution is 5.66. The molecular formula is C31H31NO. The first-order valence-electron chi connectivity index (χ1n) is 10.5. The molecule has 0 fully saturated rings. The number of hydrogen-bond acceptors (Lipinski definition) is 2. The minimum Gasteiger partial charge on any atom is -0.392 e. The van der Waals surface area contributed by atoms with Crippen LogP contribution in [-0.2, 0) is 13.0 Å². The van der Waals surface area contributed by atoms with Crippen molar-refractivity contribution in [3.63, 3.8) is 0 Å². The topological polar surface area (TPSA) is 44.0 Å². The predicted molar refractivity (Wildman–Crippen MR) is 144 cm³/mol. The van der Waals surface area contributed by atoms with Crippen LogP contribution in [0.5, 0.6) is 0 Å². The van der Waals surface area contributed by atoms with E-state index < -0.39 is 0 Å². The van der Waals surface area contributed by atoms with E-state index in [0.717, 1.165) is 27.8 Å². The number of hydrogen-bond donors (Lipinski definition) is 1. The Balaban J connectivity index is 0.000000262.